The van der Waals surface area contributed by atoms with E-state index in [1.54, 1.807) is 0 Å². The van der Waals surface area contributed by atoms with Gasteiger partial charge in [-0.3, -0.25) is 4.79 Å². The minimum Gasteiger partial charge on any atom is -0.481 e. The highest BCUT2D eigenvalue weighted by atomic mass is 32.2. The molecule has 0 saturated carbocycles. The molecule has 0 spiro atoms. The molecule has 0 heterocycles. The van der Waals surface area contributed by atoms with E-state index < -0.39 is 16.4 Å². The average Bonchev–Trinajstić information content (AvgIpc) is 2.45. The molecule has 0 atom stereocenters. The van der Waals surface area contributed by atoms with Crippen LogP contribution in [0.4, 0.5) is 0 Å². The molecule has 0 aliphatic rings. The minimum absolute atomic E-state index is 0.156. The lowest BCUT2D eigenvalue weighted by atomic mass is 10.1. The molecule has 112 valence electrons. The fourth-order valence-corrected chi connectivity index (χ4v) is 2.13. The van der Waals surface area contributed by atoms with Gasteiger partial charge >= 0.3 is 10.5 Å². The summed E-state index contributed by atoms with van der Waals surface area (Å²) >= 11 is 0. The standard InChI is InChI=1S/C15H17NO4S/c1-2-12-20-14-10-7-6-9-13(14)8-4-3-5-11-15(17)16-21(18)19/h1,6-7,9-10H,3-5,8,11-12H2. The number of amides is 1. The molecule has 0 fully saturated rings. The monoisotopic (exact) mass is 307 g/mol. The van der Waals surface area contributed by atoms with Crippen molar-refractivity contribution in [1.29, 1.82) is 0 Å². The first-order valence-electron chi connectivity index (χ1n) is 6.61. The maximum absolute atomic E-state index is 11.1. The second kappa shape index (κ2) is 9.72. The number of terminal acetylenes is 1. The summed E-state index contributed by atoms with van der Waals surface area (Å²) in [6.45, 7) is 0.235. The Balaban J connectivity index is 2.34. The van der Waals surface area contributed by atoms with Crippen molar-refractivity contribution >= 4 is 16.4 Å². The van der Waals surface area contributed by atoms with E-state index in [9.17, 15) is 13.2 Å². The van der Waals surface area contributed by atoms with E-state index in [0.717, 1.165) is 30.6 Å². The molecular weight excluding hydrogens is 290 g/mol. The van der Waals surface area contributed by atoms with Gasteiger partial charge in [0.2, 0.25) is 0 Å². The molecule has 0 radical (unpaired) electrons. The smallest absolute Gasteiger partial charge is 0.319 e. The van der Waals surface area contributed by atoms with Gasteiger partial charge in [-0.2, -0.15) is 8.42 Å². The van der Waals surface area contributed by atoms with Gasteiger partial charge in [0.1, 0.15) is 12.4 Å². The minimum atomic E-state index is -2.65. The lowest BCUT2D eigenvalue weighted by Gasteiger charge is -2.09. The van der Waals surface area contributed by atoms with E-state index in [2.05, 4.69) is 10.3 Å². The van der Waals surface area contributed by atoms with Crippen LogP contribution in [0, 0.1) is 12.3 Å². The summed E-state index contributed by atoms with van der Waals surface area (Å²) in [5.41, 5.74) is 1.07. The first-order valence-corrected chi connectivity index (χ1v) is 7.64. The number of hydrogen-bond acceptors (Lipinski definition) is 4. The summed E-state index contributed by atoms with van der Waals surface area (Å²) in [5, 5.41) is 0. The Bertz CT molecular complexity index is 636. The summed E-state index contributed by atoms with van der Waals surface area (Å²) in [6, 6.07) is 7.67. The zero-order valence-electron chi connectivity index (χ0n) is 11.6. The van der Waals surface area contributed by atoms with Gasteiger partial charge in [0.25, 0.3) is 5.91 Å². The van der Waals surface area contributed by atoms with Gasteiger partial charge in [-0.25, -0.2) is 0 Å². The summed E-state index contributed by atoms with van der Waals surface area (Å²) < 4.78 is 28.8. The molecule has 6 heteroatoms. The average molecular weight is 307 g/mol. The van der Waals surface area contributed by atoms with E-state index in [1.807, 2.05) is 24.3 Å². The van der Waals surface area contributed by atoms with Crippen molar-refractivity contribution in [3.63, 3.8) is 0 Å². The highest BCUT2D eigenvalue weighted by Crippen LogP contribution is 2.20. The first kappa shape index (κ1) is 16.9. The molecule has 0 aromatic heterocycles. The number of aryl methyl sites for hydroxylation is 1. The topological polar surface area (TPSA) is 72.8 Å². The highest BCUT2D eigenvalue weighted by molar-refractivity contribution is 7.62. The lowest BCUT2D eigenvalue weighted by Crippen LogP contribution is -1.98. The van der Waals surface area contributed by atoms with Crippen LogP contribution in [0.3, 0.4) is 0 Å². The van der Waals surface area contributed by atoms with Crippen LogP contribution in [-0.2, 0) is 21.7 Å². The second-order valence-corrected chi connectivity index (χ2v) is 4.98. The SMILES string of the molecule is C#CCOc1ccccc1CCCCCC(=O)N=S(=O)=O. The number of benzene rings is 1. The Labute approximate surface area is 126 Å². The molecule has 1 rings (SSSR count). The Hall–Kier alpha value is -2.13. The number of unbranched alkanes of at least 4 members (excludes halogenated alkanes) is 2. The van der Waals surface area contributed by atoms with Crippen LogP contribution in [0.1, 0.15) is 31.2 Å². The predicted molar refractivity (Wildman–Crippen MR) is 79.3 cm³/mol. The maximum atomic E-state index is 11.1. The first-order chi connectivity index (χ1) is 10.1. The van der Waals surface area contributed by atoms with Crippen LogP contribution in [0.25, 0.3) is 0 Å². The molecule has 0 N–H and O–H groups in total. The number of para-hydroxylation sites is 1. The number of nitrogens with zero attached hydrogens (tertiary/aromatic N) is 1. The Kier molecular flexibility index (Phi) is 7.84. The van der Waals surface area contributed by atoms with Gasteiger partial charge in [-0.05, 0) is 30.9 Å². The highest BCUT2D eigenvalue weighted by Gasteiger charge is 2.03. The lowest BCUT2D eigenvalue weighted by molar-refractivity contribution is -0.117. The van der Waals surface area contributed by atoms with E-state index in [1.165, 1.54) is 0 Å². The summed E-state index contributed by atoms with van der Waals surface area (Å²) in [7, 11) is -2.65. The van der Waals surface area contributed by atoms with E-state index in [0.29, 0.717) is 6.42 Å². The van der Waals surface area contributed by atoms with Gasteiger partial charge in [-0.15, -0.1) is 6.42 Å². The van der Waals surface area contributed by atoms with Crippen LogP contribution in [-0.4, -0.2) is 20.9 Å². The molecule has 0 unspecified atom stereocenters. The van der Waals surface area contributed by atoms with E-state index in [4.69, 9.17) is 11.2 Å². The van der Waals surface area contributed by atoms with Crippen molar-refractivity contribution in [2.45, 2.75) is 32.1 Å². The quantitative estimate of drug-likeness (QED) is 0.546. The largest absolute Gasteiger partial charge is 0.481 e. The van der Waals surface area contributed by atoms with E-state index >= 15 is 0 Å². The van der Waals surface area contributed by atoms with Gasteiger partial charge in [0.05, 0.1) is 0 Å². The van der Waals surface area contributed by atoms with Crippen molar-refractivity contribution in [1.82, 2.24) is 0 Å². The molecule has 1 aromatic carbocycles. The van der Waals surface area contributed by atoms with Gasteiger partial charge in [0.15, 0.2) is 0 Å². The van der Waals surface area contributed by atoms with Crippen molar-refractivity contribution in [2.24, 2.45) is 4.36 Å². The molecule has 0 saturated heterocycles. The van der Waals surface area contributed by atoms with Crippen molar-refractivity contribution in [2.75, 3.05) is 6.61 Å². The molecule has 1 amide bonds. The fourth-order valence-electron chi connectivity index (χ4n) is 1.87. The summed E-state index contributed by atoms with van der Waals surface area (Å²) in [4.78, 5) is 11.1. The molecule has 5 nitrogen and oxygen atoms in total. The Morgan fingerprint density at radius 2 is 2.00 bits per heavy atom. The van der Waals surface area contributed by atoms with Crippen molar-refractivity contribution in [3.05, 3.63) is 29.8 Å². The van der Waals surface area contributed by atoms with Crippen molar-refractivity contribution < 1.29 is 17.9 Å². The third kappa shape index (κ3) is 7.28. The number of rotatable bonds is 8. The maximum Gasteiger partial charge on any atom is 0.319 e. The zero-order valence-corrected chi connectivity index (χ0v) is 12.4. The molecule has 0 bridgehead atoms. The van der Waals surface area contributed by atoms with Gasteiger partial charge in [-0.1, -0.05) is 34.9 Å². The van der Waals surface area contributed by atoms with Crippen LogP contribution >= 0.6 is 0 Å². The van der Waals surface area contributed by atoms with Crippen LogP contribution in [0.5, 0.6) is 5.75 Å². The summed E-state index contributed by atoms with van der Waals surface area (Å²) in [5.74, 6) is 2.61. The molecular formula is C15H17NO4S. The normalized spacial score (nSPS) is 9.67. The predicted octanol–water partition coefficient (Wildman–Crippen LogP) is 2.39. The number of hydrogen-bond donors (Lipinski definition) is 0. The van der Waals surface area contributed by atoms with Crippen LogP contribution < -0.4 is 4.74 Å². The number of ether oxygens (including phenoxy) is 1. The fraction of sp³-hybridized carbons (Fsp3) is 0.400. The molecule has 21 heavy (non-hydrogen) atoms. The molecule has 0 aliphatic heterocycles. The molecule has 0 aliphatic carbocycles. The van der Waals surface area contributed by atoms with Crippen LogP contribution in [0.15, 0.2) is 28.6 Å². The number of carbonyl (C=O) groups excluding carboxylic acids is 1. The van der Waals surface area contributed by atoms with E-state index in [-0.39, 0.29) is 13.0 Å². The molecule has 1 aromatic rings. The third-order valence-corrected chi connectivity index (χ3v) is 3.15. The summed E-state index contributed by atoms with van der Waals surface area (Å²) in [6.07, 6.45) is 8.46. The van der Waals surface area contributed by atoms with Crippen molar-refractivity contribution in [3.8, 4) is 18.1 Å². The second-order valence-electron chi connectivity index (χ2n) is 4.36. The number of carbonyl (C=O) groups is 1. The Morgan fingerprint density at radius 1 is 1.24 bits per heavy atom. The van der Waals surface area contributed by atoms with Gasteiger partial charge < -0.3 is 4.74 Å². The van der Waals surface area contributed by atoms with Gasteiger partial charge in [0, 0.05) is 6.42 Å². The van der Waals surface area contributed by atoms with Crippen LogP contribution in [0.2, 0.25) is 0 Å². The Morgan fingerprint density at radius 3 is 2.71 bits per heavy atom. The zero-order chi connectivity index (χ0) is 15.5. The third-order valence-electron chi connectivity index (χ3n) is 2.80.